The van der Waals surface area contributed by atoms with E-state index < -0.39 is 6.04 Å². The molecular formula is C11H22N2O2. The smallest absolute Gasteiger partial charge is 0.315 e. The second-order valence-electron chi connectivity index (χ2n) is 4.90. The Kier molecular flexibility index (Phi) is 5.33. The van der Waals surface area contributed by atoms with Gasteiger partial charge in [-0.1, -0.05) is 20.3 Å². The molecule has 0 spiro atoms. The summed E-state index contributed by atoms with van der Waals surface area (Å²) in [5, 5.41) is 5.41. The summed E-state index contributed by atoms with van der Waals surface area (Å²) in [7, 11) is 0. The van der Waals surface area contributed by atoms with E-state index in [1.165, 1.54) is 0 Å². The maximum absolute atomic E-state index is 11.5. The fraction of sp³-hybridized carbons (Fsp3) is 0.818. The molecule has 0 aromatic heterocycles. The molecule has 0 bridgehead atoms. The van der Waals surface area contributed by atoms with E-state index in [1.807, 2.05) is 34.6 Å². The zero-order valence-corrected chi connectivity index (χ0v) is 10.3. The summed E-state index contributed by atoms with van der Waals surface area (Å²) in [6, 6.07) is -0.697. The van der Waals surface area contributed by atoms with Crippen molar-refractivity contribution in [2.24, 2.45) is 5.92 Å². The van der Waals surface area contributed by atoms with Gasteiger partial charge in [-0.2, -0.15) is 0 Å². The number of aldehydes is 1. The molecule has 2 N–H and O–H groups in total. The van der Waals surface area contributed by atoms with Gasteiger partial charge in [0.1, 0.15) is 6.29 Å². The molecule has 0 aliphatic carbocycles. The van der Waals surface area contributed by atoms with Gasteiger partial charge in [0.15, 0.2) is 0 Å². The van der Waals surface area contributed by atoms with Crippen LogP contribution in [-0.2, 0) is 4.79 Å². The zero-order chi connectivity index (χ0) is 12.1. The zero-order valence-electron chi connectivity index (χ0n) is 10.3. The van der Waals surface area contributed by atoms with E-state index in [1.54, 1.807) is 0 Å². The lowest BCUT2D eigenvalue weighted by atomic mass is 10.0. The molecule has 0 aromatic carbocycles. The van der Waals surface area contributed by atoms with Gasteiger partial charge in [-0.05, 0) is 26.7 Å². The fourth-order valence-electron chi connectivity index (χ4n) is 1.09. The minimum Gasteiger partial charge on any atom is -0.334 e. The third kappa shape index (κ3) is 6.10. The Balaban J connectivity index is 4.19. The van der Waals surface area contributed by atoms with E-state index in [9.17, 15) is 9.59 Å². The Bertz CT molecular complexity index is 221. The van der Waals surface area contributed by atoms with Crippen molar-refractivity contribution in [3.8, 4) is 0 Å². The lowest BCUT2D eigenvalue weighted by Crippen LogP contribution is -2.51. The van der Waals surface area contributed by atoms with Crippen LogP contribution in [0.5, 0.6) is 0 Å². The molecule has 2 atom stereocenters. The molecule has 4 heteroatoms. The highest BCUT2D eigenvalue weighted by molar-refractivity contribution is 5.78. The number of rotatable bonds is 4. The lowest BCUT2D eigenvalue weighted by Gasteiger charge is -2.24. The van der Waals surface area contributed by atoms with Crippen LogP contribution in [0.2, 0.25) is 0 Å². The SMILES string of the molecule is CCC(C)C(C=O)NC(=O)NC(C)(C)C. The molecule has 0 aliphatic heterocycles. The van der Waals surface area contributed by atoms with Gasteiger partial charge >= 0.3 is 6.03 Å². The quantitative estimate of drug-likeness (QED) is 0.700. The molecule has 0 fully saturated rings. The van der Waals surface area contributed by atoms with E-state index in [2.05, 4.69) is 10.6 Å². The molecular weight excluding hydrogens is 192 g/mol. The average molecular weight is 214 g/mol. The van der Waals surface area contributed by atoms with Gasteiger partial charge in [0.25, 0.3) is 0 Å². The maximum atomic E-state index is 11.5. The Morgan fingerprint density at radius 3 is 2.27 bits per heavy atom. The van der Waals surface area contributed by atoms with Crippen molar-refractivity contribution in [3.63, 3.8) is 0 Å². The van der Waals surface area contributed by atoms with Gasteiger partial charge in [-0.25, -0.2) is 4.79 Å². The minimum absolute atomic E-state index is 0.160. The van der Waals surface area contributed by atoms with Gasteiger partial charge in [0.05, 0.1) is 6.04 Å². The van der Waals surface area contributed by atoms with Crippen LogP contribution in [0.3, 0.4) is 0 Å². The van der Waals surface area contributed by atoms with Crippen molar-refractivity contribution in [1.29, 1.82) is 0 Å². The minimum atomic E-state index is -0.405. The van der Waals surface area contributed by atoms with E-state index >= 15 is 0 Å². The molecule has 2 amide bonds. The standard InChI is InChI=1S/C11H22N2O2/c1-6-8(2)9(7-14)12-10(15)13-11(3,4)5/h7-9H,6H2,1-5H3,(H2,12,13,15). The Morgan fingerprint density at radius 1 is 1.40 bits per heavy atom. The van der Waals surface area contributed by atoms with E-state index in [-0.39, 0.29) is 17.5 Å². The number of hydrogen-bond acceptors (Lipinski definition) is 2. The maximum Gasteiger partial charge on any atom is 0.315 e. The molecule has 0 heterocycles. The van der Waals surface area contributed by atoms with Crippen molar-refractivity contribution in [1.82, 2.24) is 10.6 Å². The number of amides is 2. The highest BCUT2D eigenvalue weighted by Crippen LogP contribution is 2.05. The molecule has 0 rings (SSSR count). The van der Waals surface area contributed by atoms with Crippen LogP contribution in [0.4, 0.5) is 4.79 Å². The van der Waals surface area contributed by atoms with Crippen LogP contribution < -0.4 is 10.6 Å². The second kappa shape index (κ2) is 5.73. The molecule has 15 heavy (non-hydrogen) atoms. The number of carbonyl (C=O) groups excluding carboxylic acids is 2. The average Bonchev–Trinajstić information content (AvgIpc) is 2.10. The topological polar surface area (TPSA) is 58.2 Å². The highest BCUT2D eigenvalue weighted by atomic mass is 16.2. The van der Waals surface area contributed by atoms with Gasteiger partial charge in [-0.3, -0.25) is 0 Å². The molecule has 0 aromatic rings. The second-order valence-corrected chi connectivity index (χ2v) is 4.90. The third-order valence-electron chi connectivity index (χ3n) is 2.19. The van der Waals surface area contributed by atoms with E-state index in [4.69, 9.17) is 0 Å². The van der Waals surface area contributed by atoms with Crippen LogP contribution in [0.1, 0.15) is 41.0 Å². The fourth-order valence-corrected chi connectivity index (χ4v) is 1.09. The monoisotopic (exact) mass is 214 g/mol. The summed E-state index contributed by atoms with van der Waals surface area (Å²) in [4.78, 5) is 22.2. The first kappa shape index (κ1) is 13.9. The normalized spacial score (nSPS) is 15.3. The first-order valence-corrected chi connectivity index (χ1v) is 5.34. The van der Waals surface area contributed by atoms with Gasteiger partial charge in [0.2, 0.25) is 0 Å². The number of nitrogens with one attached hydrogen (secondary N) is 2. The van der Waals surface area contributed by atoms with E-state index in [0.717, 1.165) is 12.7 Å². The predicted octanol–water partition coefficient (Wildman–Crippen LogP) is 1.70. The Morgan fingerprint density at radius 2 is 1.93 bits per heavy atom. The molecule has 0 aliphatic rings. The summed E-state index contributed by atoms with van der Waals surface area (Å²) in [6.07, 6.45) is 1.65. The van der Waals surface area contributed by atoms with Gasteiger partial charge < -0.3 is 15.4 Å². The van der Waals surface area contributed by atoms with Crippen molar-refractivity contribution in [3.05, 3.63) is 0 Å². The van der Waals surface area contributed by atoms with Crippen molar-refractivity contribution in [2.45, 2.75) is 52.6 Å². The molecule has 88 valence electrons. The summed E-state index contributed by atoms with van der Waals surface area (Å²) >= 11 is 0. The Hall–Kier alpha value is -1.06. The van der Waals surface area contributed by atoms with Crippen LogP contribution in [0.25, 0.3) is 0 Å². The van der Waals surface area contributed by atoms with Crippen LogP contribution in [0, 0.1) is 5.92 Å². The predicted molar refractivity (Wildman–Crippen MR) is 60.7 cm³/mol. The highest BCUT2D eigenvalue weighted by Gasteiger charge is 2.20. The van der Waals surface area contributed by atoms with Crippen molar-refractivity contribution in [2.75, 3.05) is 0 Å². The summed E-state index contributed by atoms with van der Waals surface area (Å²) in [5.41, 5.74) is -0.285. The molecule has 4 nitrogen and oxygen atoms in total. The van der Waals surface area contributed by atoms with Gasteiger partial charge in [0, 0.05) is 5.54 Å². The Labute approximate surface area is 91.8 Å². The molecule has 0 radical (unpaired) electrons. The summed E-state index contributed by atoms with van der Waals surface area (Å²) in [6.45, 7) is 9.62. The lowest BCUT2D eigenvalue weighted by molar-refractivity contribution is -0.110. The van der Waals surface area contributed by atoms with Crippen molar-refractivity contribution >= 4 is 12.3 Å². The number of carbonyl (C=O) groups is 2. The number of hydrogen-bond donors (Lipinski definition) is 2. The van der Waals surface area contributed by atoms with Gasteiger partial charge in [-0.15, -0.1) is 0 Å². The summed E-state index contributed by atoms with van der Waals surface area (Å²) < 4.78 is 0. The molecule has 0 saturated carbocycles. The number of urea groups is 1. The third-order valence-corrected chi connectivity index (χ3v) is 2.19. The largest absolute Gasteiger partial charge is 0.334 e. The summed E-state index contributed by atoms with van der Waals surface area (Å²) in [5.74, 6) is 0.160. The van der Waals surface area contributed by atoms with Crippen LogP contribution in [-0.4, -0.2) is 23.9 Å². The molecule has 0 saturated heterocycles. The first-order valence-electron chi connectivity index (χ1n) is 5.34. The van der Waals surface area contributed by atoms with Crippen LogP contribution in [0.15, 0.2) is 0 Å². The first-order chi connectivity index (χ1) is 6.80. The van der Waals surface area contributed by atoms with E-state index in [0.29, 0.717) is 0 Å². The molecule has 2 unspecified atom stereocenters. The van der Waals surface area contributed by atoms with Crippen molar-refractivity contribution < 1.29 is 9.59 Å². The van der Waals surface area contributed by atoms with Crippen LogP contribution >= 0.6 is 0 Å².